The van der Waals surface area contributed by atoms with Gasteiger partial charge in [0.1, 0.15) is 0 Å². The fraction of sp³-hybridized carbons (Fsp3) is 0.462. The van der Waals surface area contributed by atoms with Crippen LogP contribution in [-0.2, 0) is 0 Å². The minimum atomic E-state index is 0.755. The minimum absolute atomic E-state index is 0.755. The third-order valence-electron chi connectivity index (χ3n) is 5.28. The summed E-state index contributed by atoms with van der Waals surface area (Å²) in [5, 5.41) is 4.94. The quantitative estimate of drug-likeness (QED) is 0.235. The second kappa shape index (κ2) is 10.9. The average Bonchev–Trinajstić information content (AvgIpc) is 2.72. The zero-order valence-electron chi connectivity index (χ0n) is 17.5. The molecule has 0 aliphatic rings. The normalized spacial score (nSPS) is 11.2. The smallest absolute Gasteiger partial charge is 0.161 e. The van der Waals surface area contributed by atoms with Crippen molar-refractivity contribution >= 4 is 21.5 Å². The van der Waals surface area contributed by atoms with Crippen LogP contribution in [0.25, 0.3) is 21.5 Å². The molecule has 0 bridgehead atoms. The third kappa shape index (κ3) is 5.64. The molecule has 0 radical (unpaired) electrons. The van der Waals surface area contributed by atoms with E-state index in [0.29, 0.717) is 0 Å². The Morgan fingerprint density at radius 3 is 1.43 bits per heavy atom. The van der Waals surface area contributed by atoms with Gasteiger partial charge in [-0.15, -0.1) is 0 Å². The van der Waals surface area contributed by atoms with Gasteiger partial charge in [0, 0.05) is 0 Å². The molecule has 2 heteroatoms. The Kier molecular flexibility index (Phi) is 8.02. The van der Waals surface area contributed by atoms with Crippen LogP contribution in [0.5, 0.6) is 11.5 Å². The van der Waals surface area contributed by atoms with Gasteiger partial charge in [0.15, 0.2) is 11.5 Å². The van der Waals surface area contributed by atoms with Crippen LogP contribution in [0, 0.1) is 0 Å². The van der Waals surface area contributed by atoms with Gasteiger partial charge in [-0.2, -0.15) is 0 Å². The molecular formula is C26H34O2. The molecule has 2 nitrogen and oxygen atoms in total. The van der Waals surface area contributed by atoms with Crippen molar-refractivity contribution in [3.8, 4) is 11.5 Å². The molecule has 0 fully saturated rings. The van der Waals surface area contributed by atoms with E-state index < -0.39 is 0 Å². The van der Waals surface area contributed by atoms with Crippen LogP contribution >= 0.6 is 0 Å². The van der Waals surface area contributed by atoms with Crippen molar-refractivity contribution in [2.75, 3.05) is 13.2 Å². The first kappa shape index (κ1) is 20.5. The van der Waals surface area contributed by atoms with Crippen LogP contribution in [0.3, 0.4) is 0 Å². The highest BCUT2D eigenvalue weighted by atomic mass is 16.5. The van der Waals surface area contributed by atoms with Gasteiger partial charge in [0.25, 0.3) is 0 Å². The fourth-order valence-electron chi connectivity index (χ4n) is 3.60. The largest absolute Gasteiger partial charge is 0.490 e. The first-order valence-electron chi connectivity index (χ1n) is 11.0. The molecular weight excluding hydrogens is 344 g/mol. The zero-order valence-corrected chi connectivity index (χ0v) is 17.5. The Hall–Kier alpha value is -2.22. The molecule has 0 atom stereocenters. The first-order chi connectivity index (χ1) is 13.8. The lowest BCUT2D eigenvalue weighted by atomic mass is 10.0. The van der Waals surface area contributed by atoms with Gasteiger partial charge < -0.3 is 9.47 Å². The summed E-state index contributed by atoms with van der Waals surface area (Å²) in [6.45, 7) is 5.98. The van der Waals surface area contributed by atoms with Crippen molar-refractivity contribution in [2.24, 2.45) is 0 Å². The van der Waals surface area contributed by atoms with E-state index in [1.165, 1.54) is 60.1 Å². The summed E-state index contributed by atoms with van der Waals surface area (Å²) < 4.78 is 12.3. The number of unbranched alkanes of at least 4 members (excludes halogenated alkanes) is 6. The van der Waals surface area contributed by atoms with Crippen LogP contribution < -0.4 is 9.47 Å². The Bertz CT molecular complexity index is 797. The van der Waals surface area contributed by atoms with E-state index in [1.807, 2.05) is 0 Å². The standard InChI is InChI=1S/C26H34O2/c1-3-5-7-11-15-27-25-19-23-17-21-13-9-10-14-22(21)18-24(23)20-26(25)28-16-12-8-6-4-2/h9-10,13-14,17-20H,3-8,11-12,15-16H2,1-2H3. The molecule has 0 spiro atoms. The third-order valence-corrected chi connectivity index (χ3v) is 5.28. The maximum absolute atomic E-state index is 6.16. The molecule has 0 aliphatic heterocycles. The molecule has 0 amide bonds. The lowest BCUT2D eigenvalue weighted by molar-refractivity contribution is 0.259. The highest BCUT2D eigenvalue weighted by Gasteiger charge is 2.09. The van der Waals surface area contributed by atoms with E-state index in [1.54, 1.807) is 0 Å². The number of hydrogen-bond donors (Lipinski definition) is 0. The second-order valence-corrected chi connectivity index (χ2v) is 7.66. The van der Waals surface area contributed by atoms with Gasteiger partial charge in [-0.3, -0.25) is 0 Å². The van der Waals surface area contributed by atoms with Crippen molar-refractivity contribution < 1.29 is 9.47 Å². The maximum Gasteiger partial charge on any atom is 0.161 e. The Morgan fingerprint density at radius 2 is 1.00 bits per heavy atom. The van der Waals surface area contributed by atoms with Crippen molar-refractivity contribution in [1.29, 1.82) is 0 Å². The molecule has 3 aromatic carbocycles. The lowest BCUT2D eigenvalue weighted by Crippen LogP contribution is -2.03. The summed E-state index contributed by atoms with van der Waals surface area (Å²) in [7, 11) is 0. The predicted molar refractivity (Wildman–Crippen MR) is 121 cm³/mol. The van der Waals surface area contributed by atoms with E-state index in [0.717, 1.165) is 37.6 Å². The second-order valence-electron chi connectivity index (χ2n) is 7.66. The van der Waals surface area contributed by atoms with Crippen LogP contribution in [-0.4, -0.2) is 13.2 Å². The Labute approximate surface area is 169 Å². The van der Waals surface area contributed by atoms with Gasteiger partial charge in [-0.05, 0) is 58.7 Å². The summed E-state index contributed by atoms with van der Waals surface area (Å²) in [6.07, 6.45) is 9.68. The van der Waals surface area contributed by atoms with Crippen molar-refractivity contribution in [3.05, 3.63) is 48.5 Å². The average molecular weight is 379 g/mol. The molecule has 0 saturated heterocycles. The molecule has 28 heavy (non-hydrogen) atoms. The lowest BCUT2D eigenvalue weighted by Gasteiger charge is -2.15. The van der Waals surface area contributed by atoms with E-state index >= 15 is 0 Å². The molecule has 150 valence electrons. The molecule has 0 unspecified atom stereocenters. The number of rotatable bonds is 12. The van der Waals surface area contributed by atoms with Gasteiger partial charge in [-0.25, -0.2) is 0 Å². The SMILES string of the molecule is CCCCCCOc1cc2cc3ccccc3cc2cc1OCCCCCC. The Balaban J connectivity index is 1.80. The van der Waals surface area contributed by atoms with E-state index in [9.17, 15) is 0 Å². The highest BCUT2D eigenvalue weighted by molar-refractivity contribution is 5.99. The maximum atomic E-state index is 6.16. The predicted octanol–water partition coefficient (Wildman–Crippen LogP) is 7.91. The van der Waals surface area contributed by atoms with Crippen LogP contribution in [0.1, 0.15) is 65.2 Å². The molecule has 0 heterocycles. The first-order valence-corrected chi connectivity index (χ1v) is 11.0. The monoisotopic (exact) mass is 378 g/mol. The molecule has 0 aliphatic carbocycles. The number of fused-ring (bicyclic) bond motifs is 2. The summed E-state index contributed by atoms with van der Waals surface area (Å²) in [5.41, 5.74) is 0. The fourth-order valence-corrected chi connectivity index (χ4v) is 3.60. The summed E-state index contributed by atoms with van der Waals surface area (Å²) in [5.74, 6) is 1.77. The molecule has 0 saturated carbocycles. The van der Waals surface area contributed by atoms with Crippen molar-refractivity contribution in [1.82, 2.24) is 0 Å². The van der Waals surface area contributed by atoms with E-state index in [2.05, 4.69) is 62.4 Å². The van der Waals surface area contributed by atoms with Crippen molar-refractivity contribution in [2.45, 2.75) is 65.2 Å². The van der Waals surface area contributed by atoms with Gasteiger partial charge in [0.2, 0.25) is 0 Å². The molecule has 0 N–H and O–H groups in total. The molecule has 3 aromatic rings. The zero-order chi connectivity index (χ0) is 19.6. The Morgan fingerprint density at radius 1 is 0.536 bits per heavy atom. The molecule has 0 aromatic heterocycles. The number of ether oxygens (including phenoxy) is 2. The van der Waals surface area contributed by atoms with Crippen LogP contribution in [0.15, 0.2) is 48.5 Å². The van der Waals surface area contributed by atoms with Crippen molar-refractivity contribution in [3.63, 3.8) is 0 Å². The summed E-state index contributed by atoms with van der Waals surface area (Å²) in [4.78, 5) is 0. The minimum Gasteiger partial charge on any atom is -0.490 e. The highest BCUT2D eigenvalue weighted by Crippen LogP contribution is 2.35. The summed E-state index contributed by atoms with van der Waals surface area (Å²) >= 11 is 0. The van der Waals surface area contributed by atoms with E-state index in [-0.39, 0.29) is 0 Å². The van der Waals surface area contributed by atoms with Crippen LogP contribution in [0.4, 0.5) is 0 Å². The van der Waals surface area contributed by atoms with Gasteiger partial charge in [0.05, 0.1) is 13.2 Å². The topological polar surface area (TPSA) is 18.5 Å². The van der Waals surface area contributed by atoms with E-state index in [4.69, 9.17) is 9.47 Å². The van der Waals surface area contributed by atoms with Crippen LogP contribution in [0.2, 0.25) is 0 Å². The number of benzene rings is 3. The van der Waals surface area contributed by atoms with Gasteiger partial charge >= 0.3 is 0 Å². The molecule has 3 rings (SSSR count). The summed E-state index contributed by atoms with van der Waals surface area (Å²) in [6, 6.07) is 17.3. The number of hydrogen-bond acceptors (Lipinski definition) is 2. The van der Waals surface area contributed by atoms with Gasteiger partial charge in [-0.1, -0.05) is 76.6 Å².